The van der Waals surface area contributed by atoms with Crippen LogP contribution < -0.4 is 10.1 Å². The molecule has 0 saturated carbocycles. The topological polar surface area (TPSA) is 90.2 Å². The summed E-state index contributed by atoms with van der Waals surface area (Å²) in [6.45, 7) is 4.64. The number of rotatable bonds is 7. The molecule has 1 aromatic heterocycles. The van der Waals surface area contributed by atoms with Crippen LogP contribution in [0.4, 0.5) is 11.5 Å². The van der Waals surface area contributed by atoms with Crippen LogP contribution in [0.3, 0.4) is 0 Å². The summed E-state index contributed by atoms with van der Waals surface area (Å²) in [5.74, 6) is 0.166. The fraction of sp³-hybridized carbons (Fsp3) is 0.455. The van der Waals surface area contributed by atoms with Gasteiger partial charge in [-0.3, -0.25) is 10.1 Å². The van der Waals surface area contributed by atoms with Gasteiger partial charge in [0, 0.05) is 6.54 Å². The van der Waals surface area contributed by atoms with E-state index in [9.17, 15) is 10.1 Å². The van der Waals surface area contributed by atoms with Gasteiger partial charge < -0.3 is 10.1 Å². The van der Waals surface area contributed by atoms with Gasteiger partial charge in [-0.05, 0) is 13.3 Å². The highest BCUT2D eigenvalue weighted by Crippen LogP contribution is 2.30. The maximum atomic E-state index is 11.0. The zero-order valence-corrected chi connectivity index (χ0v) is 10.4. The number of aromatic nitrogens is 2. The molecule has 7 heteroatoms. The molecule has 1 rings (SSSR count). The van der Waals surface area contributed by atoms with Crippen LogP contribution in [0.2, 0.25) is 0 Å². The predicted molar refractivity (Wildman–Crippen MR) is 67.8 cm³/mol. The number of hydrogen-bond acceptors (Lipinski definition) is 6. The van der Waals surface area contributed by atoms with Gasteiger partial charge in [0.1, 0.15) is 12.9 Å². The van der Waals surface area contributed by atoms with Gasteiger partial charge in [-0.25, -0.2) is 4.98 Å². The van der Waals surface area contributed by atoms with Crippen molar-refractivity contribution in [2.45, 2.75) is 20.3 Å². The third-order valence-corrected chi connectivity index (χ3v) is 2.07. The molecule has 7 nitrogen and oxygen atoms in total. The minimum Gasteiger partial charge on any atom is -0.468 e. The number of ether oxygens (including phenoxy) is 1. The first kappa shape index (κ1) is 13.9. The highest BCUT2D eigenvalue weighted by atomic mass is 16.6. The lowest BCUT2D eigenvalue weighted by Gasteiger charge is -2.07. The molecule has 0 fully saturated rings. The van der Waals surface area contributed by atoms with E-state index in [1.165, 1.54) is 6.33 Å². The molecule has 0 amide bonds. The predicted octanol–water partition coefficient (Wildman–Crippen LogP) is 2.16. The van der Waals surface area contributed by atoms with Crippen LogP contribution >= 0.6 is 0 Å². The standard InChI is InChI=1S/C11H16N4O3/c1-3-5-7-18-11-9(15(16)17)10(12-6-4-2)13-8-14-11/h3,5,8H,4,6-7H2,1-2H3,(H,12,13,14)/b5-3+. The van der Waals surface area contributed by atoms with Crippen molar-refractivity contribution >= 4 is 11.5 Å². The van der Waals surface area contributed by atoms with E-state index in [0.717, 1.165) is 6.42 Å². The van der Waals surface area contributed by atoms with Gasteiger partial charge in [-0.1, -0.05) is 19.1 Å². The van der Waals surface area contributed by atoms with Crippen LogP contribution in [0.15, 0.2) is 18.5 Å². The lowest BCUT2D eigenvalue weighted by atomic mass is 10.4. The minimum atomic E-state index is -0.539. The van der Waals surface area contributed by atoms with Crippen LogP contribution in [0.1, 0.15) is 20.3 Å². The van der Waals surface area contributed by atoms with Gasteiger partial charge in [-0.15, -0.1) is 0 Å². The Kier molecular flexibility index (Phi) is 5.56. The molecule has 0 aromatic carbocycles. The Morgan fingerprint density at radius 1 is 1.56 bits per heavy atom. The van der Waals surface area contributed by atoms with Gasteiger partial charge in [0.2, 0.25) is 5.82 Å². The Bertz CT molecular complexity index is 434. The molecular weight excluding hydrogens is 236 g/mol. The third kappa shape index (κ3) is 3.69. The smallest absolute Gasteiger partial charge is 0.372 e. The summed E-state index contributed by atoms with van der Waals surface area (Å²) in [4.78, 5) is 18.1. The molecule has 1 aromatic rings. The molecule has 98 valence electrons. The maximum absolute atomic E-state index is 11.0. The summed E-state index contributed by atoms with van der Waals surface area (Å²) in [6, 6.07) is 0. The first-order valence-electron chi connectivity index (χ1n) is 5.67. The van der Waals surface area contributed by atoms with E-state index in [1.807, 2.05) is 13.8 Å². The van der Waals surface area contributed by atoms with Gasteiger partial charge in [0.05, 0.1) is 4.92 Å². The molecule has 1 N–H and O–H groups in total. The average Bonchev–Trinajstić information content (AvgIpc) is 2.36. The maximum Gasteiger partial charge on any atom is 0.372 e. The van der Waals surface area contributed by atoms with Crippen molar-refractivity contribution < 1.29 is 9.66 Å². The molecule has 0 bridgehead atoms. The van der Waals surface area contributed by atoms with E-state index in [2.05, 4.69) is 15.3 Å². The summed E-state index contributed by atoms with van der Waals surface area (Å²) in [5, 5.41) is 13.9. The molecule has 0 atom stereocenters. The monoisotopic (exact) mass is 252 g/mol. The summed E-state index contributed by atoms with van der Waals surface area (Å²) >= 11 is 0. The first-order valence-corrected chi connectivity index (χ1v) is 5.67. The zero-order chi connectivity index (χ0) is 13.4. The first-order chi connectivity index (χ1) is 8.70. The second-order valence-corrected chi connectivity index (χ2v) is 3.44. The summed E-state index contributed by atoms with van der Waals surface area (Å²) in [5.41, 5.74) is -0.226. The van der Waals surface area contributed by atoms with E-state index in [-0.39, 0.29) is 24.0 Å². The minimum absolute atomic E-state index is 0.0216. The number of allylic oxidation sites excluding steroid dienone is 1. The molecule has 0 unspecified atom stereocenters. The second kappa shape index (κ2) is 7.21. The van der Waals surface area contributed by atoms with Crippen molar-refractivity contribution in [1.82, 2.24) is 9.97 Å². The van der Waals surface area contributed by atoms with E-state index >= 15 is 0 Å². The number of nitrogens with one attached hydrogen (secondary N) is 1. The quantitative estimate of drug-likeness (QED) is 0.454. The van der Waals surface area contributed by atoms with Crippen LogP contribution in [0.5, 0.6) is 5.88 Å². The molecule has 0 aliphatic carbocycles. The second-order valence-electron chi connectivity index (χ2n) is 3.44. The Labute approximate surface area is 105 Å². The summed E-state index contributed by atoms with van der Waals surface area (Å²) in [6.07, 6.45) is 5.63. The summed E-state index contributed by atoms with van der Waals surface area (Å²) in [7, 11) is 0. The molecule has 0 aliphatic heterocycles. The fourth-order valence-corrected chi connectivity index (χ4v) is 1.23. The van der Waals surface area contributed by atoms with Gasteiger partial charge in [0.25, 0.3) is 5.88 Å². The van der Waals surface area contributed by atoms with Crippen LogP contribution in [0, 0.1) is 10.1 Å². The van der Waals surface area contributed by atoms with Crippen molar-refractivity contribution in [3.63, 3.8) is 0 Å². The van der Waals surface area contributed by atoms with Crippen molar-refractivity contribution in [2.75, 3.05) is 18.5 Å². The van der Waals surface area contributed by atoms with E-state index in [4.69, 9.17) is 4.74 Å². The van der Waals surface area contributed by atoms with Crippen LogP contribution in [0.25, 0.3) is 0 Å². The number of nitro groups is 1. The molecule has 0 spiro atoms. The zero-order valence-electron chi connectivity index (χ0n) is 10.4. The molecule has 0 saturated heterocycles. The van der Waals surface area contributed by atoms with E-state index in [0.29, 0.717) is 6.54 Å². The van der Waals surface area contributed by atoms with Crippen LogP contribution in [-0.4, -0.2) is 28.0 Å². The Hall–Kier alpha value is -2.18. The highest BCUT2D eigenvalue weighted by molar-refractivity contribution is 5.61. The molecule has 18 heavy (non-hydrogen) atoms. The molecule has 0 radical (unpaired) electrons. The molecule has 1 heterocycles. The normalized spacial score (nSPS) is 10.6. The van der Waals surface area contributed by atoms with Crippen molar-refractivity contribution in [3.8, 4) is 5.88 Å². The summed E-state index contributed by atoms with van der Waals surface area (Å²) < 4.78 is 5.24. The fourth-order valence-electron chi connectivity index (χ4n) is 1.23. The largest absolute Gasteiger partial charge is 0.468 e. The molecular formula is C11H16N4O3. The van der Waals surface area contributed by atoms with E-state index < -0.39 is 4.92 Å². The Morgan fingerprint density at radius 2 is 2.33 bits per heavy atom. The SMILES string of the molecule is C/C=C/COc1ncnc(NCCC)c1[N+](=O)[O-]. The number of anilines is 1. The number of nitrogens with zero attached hydrogens (tertiary/aromatic N) is 3. The van der Waals surface area contributed by atoms with Gasteiger partial charge >= 0.3 is 5.69 Å². The lowest BCUT2D eigenvalue weighted by Crippen LogP contribution is -2.08. The Balaban J connectivity index is 2.97. The van der Waals surface area contributed by atoms with Gasteiger partial charge in [-0.2, -0.15) is 4.98 Å². The van der Waals surface area contributed by atoms with Crippen LogP contribution in [-0.2, 0) is 0 Å². The highest BCUT2D eigenvalue weighted by Gasteiger charge is 2.23. The van der Waals surface area contributed by atoms with Gasteiger partial charge in [0.15, 0.2) is 0 Å². The number of hydrogen-bond donors (Lipinski definition) is 1. The van der Waals surface area contributed by atoms with Crippen molar-refractivity contribution in [1.29, 1.82) is 0 Å². The van der Waals surface area contributed by atoms with Crippen molar-refractivity contribution in [3.05, 3.63) is 28.6 Å². The van der Waals surface area contributed by atoms with Crippen molar-refractivity contribution in [2.24, 2.45) is 0 Å². The average molecular weight is 252 g/mol. The lowest BCUT2D eigenvalue weighted by molar-refractivity contribution is -0.385. The molecule has 0 aliphatic rings. The third-order valence-electron chi connectivity index (χ3n) is 2.07. The Morgan fingerprint density at radius 3 is 2.94 bits per heavy atom. The van der Waals surface area contributed by atoms with E-state index in [1.54, 1.807) is 12.2 Å².